The molecule has 0 atom stereocenters. The number of carbonyl (C=O) groups excluding carboxylic acids is 2. The molecule has 0 aliphatic carbocycles. The Morgan fingerprint density at radius 1 is 1.06 bits per heavy atom. The summed E-state index contributed by atoms with van der Waals surface area (Å²) in [5.74, 6) is 0.738. The molecule has 0 fully saturated rings. The van der Waals surface area contributed by atoms with E-state index in [0.717, 1.165) is 20.4 Å². The predicted octanol–water partition coefficient (Wildman–Crippen LogP) is 3.06. The van der Waals surface area contributed by atoms with Crippen LogP contribution in [0.3, 0.4) is 0 Å². The molecule has 2 aromatic carbocycles. The number of halogens is 1. The van der Waals surface area contributed by atoms with Crippen molar-refractivity contribution in [2.45, 2.75) is 0 Å². The van der Waals surface area contributed by atoms with E-state index >= 15 is 0 Å². The highest BCUT2D eigenvalue weighted by molar-refractivity contribution is 14.1. The molecule has 1 aromatic heterocycles. The molecule has 0 bridgehead atoms. The maximum atomic E-state index is 12.6. The van der Waals surface area contributed by atoms with Crippen molar-refractivity contribution in [1.82, 2.24) is 10.2 Å². The average Bonchev–Trinajstić information content (AvgIpc) is 3.44. The van der Waals surface area contributed by atoms with Gasteiger partial charge in [-0.3, -0.25) is 14.5 Å². The van der Waals surface area contributed by atoms with Gasteiger partial charge in [-0.15, -0.1) is 0 Å². The Hall–Kier alpha value is -2.99. The third-order valence-corrected chi connectivity index (χ3v) is 6.30. The minimum Gasteiger partial charge on any atom is -0.457 e. The van der Waals surface area contributed by atoms with Gasteiger partial charge in [0.2, 0.25) is 0 Å². The number of hydrogen-bond donors (Lipinski definition) is 4. The summed E-state index contributed by atoms with van der Waals surface area (Å²) in [5, 5.41) is 23.9. The number of anilines is 1. The van der Waals surface area contributed by atoms with Gasteiger partial charge in [0.1, 0.15) is 11.5 Å². The summed E-state index contributed by atoms with van der Waals surface area (Å²) in [6, 6.07) is 16.5. The molecule has 0 saturated heterocycles. The second kappa shape index (κ2) is 11.6. The second-order valence-corrected chi connectivity index (χ2v) is 9.28. The number of nitrogens with one attached hydrogen (secondary N) is 2. The molecule has 35 heavy (non-hydrogen) atoms. The number of carbonyl (C=O) groups is 2. The van der Waals surface area contributed by atoms with Crippen molar-refractivity contribution in [3.8, 4) is 11.3 Å². The summed E-state index contributed by atoms with van der Waals surface area (Å²) in [4.78, 5) is 27.0. The summed E-state index contributed by atoms with van der Waals surface area (Å²) < 4.78 is 7.02. The van der Waals surface area contributed by atoms with Gasteiger partial charge in [-0.1, -0.05) is 12.1 Å². The van der Waals surface area contributed by atoms with Crippen LogP contribution in [0.2, 0.25) is 0 Å². The molecule has 0 radical (unpaired) electrons. The fraction of sp³-hybridized carbons (Fsp3) is 0.231. The van der Waals surface area contributed by atoms with E-state index in [-0.39, 0.29) is 25.0 Å². The van der Waals surface area contributed by atoms with Crippen molar-refractivity contribution in [3.63, 3.8) is 0 Å². The van der Waals surface area contributed by atoms with Crippen molar-refractivity contribution >= 4 is 51.7 Å². The van der Waals surface area contributed by atoms with E-state index in [1.807, 2.05) is 35.2 Å². The van der Waals surface area contributed by atoms with Crippen LogP contribution < -0.4 is 10.6 Å². The summed E-state index contributed by atoms with van der Waals surface area (Å²) in [6.07, 6.45) is 1.72. The largest absolute Gasteiger partial charge is 0.457 e. The Kier molecular flexibility index (Phi) is 8.34. The molecule has 0 saturated carbocycles. The Morgan fingerprint density at radius 3 is 2.63 bits per heavy atom. The van der Waals surface area contributed by atoms with Crippen LogP contribution in [0, 0.1) is 3.57 Å². The van der Waals surface area contributed by atoms with Gasteiger partial charge >= 0.3 is 0 Å². The van der Waals surface area contributed by atoms with Gasteiger partial charge in [0.25, 0.3) is 11.8 Å². The Labute approximate surface area is 216 Å². The van der Waals surface area contributed by atoms with E-state index in [2.05, 4.69) is 33.2 Å². The second-order valence-electron chi connectivity index (χ2n) is 8.03. The SMILES string of the molecule is O=C1Nc2ccc(I)cc2/C1=C\c1ccc(-c2cccc(C(=O)NCCN(CCO)CCO)c2)o1. The van der Waals surface area contributed by atoms with Crippen LogP contribution in [0.15, 0.2) is 59.0 Å². The molecule has 4 N–H and O–H groups in total. The summed E-state index contributed by atoms with van der Waals surface area (Å²) in [6.45, 7) is 1.79. The third-order valence-electron chi connectivity index (χ3n) is 5.63. The van der Waals surface area contributed by atoms with E-state index in [1.165, 1.54) is 0 Å². The van der Waals surface area contributed by atoms with Crippen molar-refractivity contribution in [2.75, 3.05) is 44.7 Å². The molecule has 2 amide bonds. The first kappa shape index (κ1) is 25.1. The van der Waals surface area contributed by atoms with Gasteiger partial charge in [-0.25, -0.2) is 0 Å². The Morgan fingerprint density at radius 2 is 1.86 bits per heavy atom. The quantitative estimate of drug-likeness (QED) is 0.214. The molecular weight excluding hydrogens is 561 g/mol. The van der Waals surface area contributed by atoms with Gasteiger partial charge < -0.3 is 25.3 Å². The Bertz CT molecular complexity index is 1250. The summed E-state index contributed by atoms with van der Waals surface area (Å²) in [5.41, 5.74) is 3.41. The minimum atomic E-state index is -0.220. The smallest absolute Gasteiger partial charge is 0.256 e. The van der Waals surface area contributed by atoms with Gasteiger partial charge in [0.05, 0.1) is 18.8 Å². The van der Waals surface area contributed by atoms with Crippen LogP contribution in [-0.4, -0.2) is 66.3 Å². The van der Waals surface area contributed by atoms with Crippen LogP contribution in [0.25, 0.3) is 23.0 Å². The lowest BCUT2D eigenvalue weighted by atomic mass is 10.1. The first-order chi connectivity index (χ1) is 17.0. The van der Waals surface area contributed by atoms with Gasteiger partial charge in [0.15, 0.2) is 0 Å². The van der Waals surface area contributed by atoms with Crippen molar-refractivity contribution in [3.05, 3.63) is 75.1 Å². The highest BCUT2D eigenvalue weighted by Gasteiger charge is 2.24. The van der Waals surface area contributed by atoms with Crippen LogP contribution in [0.4, 0.5) is 5.69 Å². The zero-order chi connectivity index (χ0) is 24.8. The van der Waals surface area contributed by atoms with Crippen molar-refractivity contribution in [1.29, 1.82) is 0 Å². The van der Waals surface area contributed by atoms with Gasteiger partial charge in [0, 0.05) is 52.1 Å². The van der Waals surface area contributed by atoms with Crippen molar-refractivity contribution < 1.29 is 24.2 Å². The van der Waals surface area contributed by atoms with E-state index < -0.39 is 0 Å². The van der Waals surface area contributed by atoms with E-state index in [0.29, 0.717) is 48.8 Å². The minimum absolute atomic E-state index is 0.00566. The van der Waals surface area contributed by atoms with Crippen LogP contribution in [-0.2, 0) is 4.79 Å². The number of furan rings is 1. The zero-order valence-electron chi connectivity index (χ0n) is 19.0. The van der Waals surface area contributed by atoms with Gasteiger partial charge in [-0.2, -0.15) is 0 Å². The lowest BCUT2D eigenvalue weighted by Crippen LogP contribution is -2.37. The number of benzene rings is 2. The fourth-order valence-corrected chi connectivity index (χ4v) is 4.38. The molecule has 0 unspecified atom stereocenters. The molecule has 8 nitrogen and oxygen atoms in total. The predicted molar refractivity (Wildman–Crippen MR) is 143 cm³/mol. The van der Waals surface area contributed by atoms with Crippen LogP contribution in [0.1, 0.15) is 21.7 Å². The molecule has 1 aliphatic heterocycles. The summed E-state index contributed by atoms with van der Waals surface area (Å²) in [7, 11) is 0. The molecule has 0 spiro atoms. The number of hydrogen-bond acceptors (Lipinski definition) is 6. The molecule has 1 aliphatic rings. The van der Waals surface area contributed by atoms with E-state index in [9.17, 15) is 9.59 Å². The number of aliphatic hydroxyl groups excluding tert-OH is 2. The topological polar surface area (TPSA) is 115 Å². The lowest BCUT2D eigenvalue weighted by molar-refractivity contribution is -0.110. The molecular formula is C26H26IN3O5. The molecule has 9 heteroatoms. The Balaban J connectivity index is 1.45. The average molecular weight is 587 g/mol. The van der Waals surface area contributed by atoms with E-state index in [4.69, 9.17) is 14.6 Å². The maximum absolute atomic E-state index is 12.6. The normalized spacial score (nSPS) is 13.8. The van der Waals surface area contributed by atoms with Crippen molar-refractivity contribution in [2.24, 2.45) is 0 Å². The monoisotopic (exact) mass is 587 g/mol. The number of aliphatic hydroxyl groups is 2. The third kappa shape index (κ3) is 6.17. The molecule has 3 aromatic rings. The van der Waals surface area contributed by atoms with Crippen LogP contribution >= 0.6 is 22.6 Å². The van der Waals surface area contributed by atoms with E-state index in [1.54, 1.807) is 30.3 Å². The summed E-state index contributed by atoms with van der Waals surface area (Å²) >= 11 is 2.22. The lowest BCUT2D eigenvalue weighted by Gasteiger charge is -2.20. The van der Waals surface area contributed by atoms with Crippen LogP contribution in [0.5, 0.6) is 0 Å². The molecule has 182 valence electrons. The zero-order valence-corrected chi connectivity index (χ0v) is 21.1. The highest BCUT2D eigenvalue weighted by Crippen LogP contribution is 2.35. The maximum Gasteiger partial charge on any atom is 0.256 e. The fourth-order valence-electron chi connectivity index (χ4n) is 3.89. The first-order valence-electron chi connectivity index (χ1n) is 11.2. The number of nitrogens with zero attached hydrogens (tertiary/aromatic N) is 1. The molecule has 4 rings (SSSR count). The number of amides is 2. The van der Waals surface area contributed by atoms with Gasteiger partial charge in [-0.05, 0) is 71.1 Å². The number of rotatable bonds is 10. The molecule has 2 heterocycles. The standard InChI is InChI=1S/C26H26IN3O5/c27-19-4-6-23-21(15-19)22(26(34)29-23)16-20-5-7-24(35-20)17-2-1-3-18(14-17)25(33)28-8-9-30(10-12-31)11-13-32/h1-7,14-16,31-32H,8-13H2,(H,28,33)(H,29,34)/b22-16+. The highest BCUT2D eigenvalue weighted by atomic mass is 127. The first-order valence-corrected chi connectivity index (χ1v) is 12.3. The number of fused-ring (bicyclic) bond motifs is 1.